The monoisotopic (exact) mass is 465 g/mol. The van der Waals surface area contributed by atoms with Crippen LogP contribution in [-0.2, 0) is 17.8 Å². The fourth-order valence-corrected chi connectivity index (χ4v) is 4.63. The number of benzene rings is 2. The molecule has 0 unspecified atom stereocenters. The van der Waals surface area contributed by atoms with Gasteiger partial charge in [0.05, 0.1) is 11.9 Å². The van der Waals surface area contributed by atoms with E-state index in [9.17, 15) is 4.79 Å². The highest BCUT2D eigenvalue weighted by molar-refractivity contribution is 6.34. The van der Waals surface area contributed by atoms with Gasteiger partial charge in [-0.25, -0.2) is 0 Å². The van der Waals surface area contributed by atoms with Gasteiger partial charge < -0.3 is 9.63 Å². The van der Waals surface area contributed by atoms with Crippen molar-refractivity contribution in [2.45, 2.75) is 39.3 Å². The van der Waals surface area contributed by atoms with E-state index in [1.807, 2.05) is 35.0 Å². The molecule has 0 saturated carbocycles. The van der Waals surface area contributed by atoms with Gasteiger partial charge in [-0.3, -0.25) is 14.4 Å². The molecule has 0 bridgehead atoms. The Kier molecular flexibility index (Phi) is 5.64. The molecule has 1 N–H and O–H groups in total. The first-order valence-corrected chi connectivity index (χ1v) is 11.4. The minimum absolute atomic E-state index is 0.146. The van der Waals surface area contributed by atoms with Crippen LogP contribution in [0.3, 0.4) is 0 Å². The van der Waals surface area contributed by atoms with Gasteiger partial charge in [0, 0.05) is 42.2 Å². The van der Waals surface area contributed by atoms with Gasteiger partial charge in [-0.15, -0.1) is 0 Å². The number of rotatable bonds is 6. The number of carbonyl (C=O) groups is 1. The first kappa shape index (κ1) is 21.6. The molecule has 2 aromatic heterocycles. The largest absolute Gasteiger partial charge is 0.481 e. The molecule has 1 aliphatic rings. The number of nitrogens with zero attached hydrogens (tertiary/aromatic N) is 5. The normalized spacial score (nSPS) is 14.2. The Hall–Kier alpha value is -3.23. The number of carboxylic acids is 1. The van der Waals surface area contributed by atoms with E-state index in [4.69, 9.17) is 21.2 Å². The first-order chi connectivity index (χ1) is 15.9. The quantitative estimate of drug-likeness (QED) is 0.436. The number of carboxylic acid groups (broad SMARTS) is 1. The number of aromatic nitrogens is 4. The zero-order valence-electron chi connectivity index (χ0n) is 18.5. The minimum atomic E-state index is -0.773. The summed E-state index contributed by atoms with van der Waals surface area (Å²) in [5.41, 5.74) is 5.06. The minimum Gasteiger partial charge on any atom is -0.481 e. The topological polar surface area (TPSA) is 97.3 Å². The molecule has 8 nitrogen and oxygen atoms in total. The molecule has 2 aromatic carbocycles. The summed E-state index contributed by atoms with van der Waals surface area (Å²) in [6.07, 6.45) is 0.957. The van der Waals surface area contributed by atoms with Crippen LogP contribution in [0.15, 0.2) is 40.9 Å². The second-order valence-electron chi connectivity index (χ2n) is 8.60. The maximum atomic E-state index is 10.9. The van der Waals surface area contributed by atoms with Gasteiger partial charge in [0.25, 0.3) is 5.89 Å². The lowest BCUT2D eigenvalue weighted by molar-refractivity contribution is -0.137. The lowest BCUT2D eigenvalue weighted by Crippen LogP contribution is -2.32. The fraction of sp³-hybridized carbons (Fsp3) is 0.333. The Morgan fingerprint density at radius 2 is 2.12 bits per heavy atom. The van der Waals surface area contributed by atoms with Gasteiger partial charge in [-0.1, -0.05) is 35.0 Å². The smallest absolute Gasteiger partial charge is 0.304 e. The van der Waals surface area contributed by atoms with Crippen molar-refractivity contribution in [3.8, 4) is 22.8 Å². The maximum Gasteiger partial charge on any atom is 0.304 e. The van der Waals surface area contributed by atoms with E-state index in [2.05, 4.69) is 40.1 Å². The molecule has 0 saturated heterocycles. The molecular formula is C24H24ClN5O3. The van der Waals surface area contributed by atoms with Crippen molar-refractivity contribution in [2.24, 2.45) is 0 Å². The average molecular weight is 466 g/mol. The molecule has 0 radical (unpaired) electrons. The Bertz CT molecular complexity index is 1340. The second-order valence-corrected chi connectivity index (χ2v) is 8.96. The van der Waals surface area contributed by atoms with E-state index < -0.39 is 5.97 Å². The van der Waals surface area contributed by atoms with Crippen LogP contribution in [0.1, 0.15) is 37.4 Å². The summed E-state index contributed by atoms with van der Waals surface area (Å²) in [7, 11) is 0. The summed E-state index contributed by atoms with van der Waals surface area (Å²) in [5, 5.41) is 18.9. The Balaban J connectivity index is 1.44. The van der Waals surface area contributed by atoms with Crippen molar-refractivity contribution < 1.29 is 14.4 Å². The summed E-state index contributed by atoms with van der Waals surface area (Å²) < 4.78 is 7.52. The third-order valence-electron chi connectivity index (χ3n) is 6.05. The summed E-state index contributed by atoms with van der Waals surface area (Å²) in [4.78, 5) is 17.7. The number of hydrogen-bond acceptors (Lipinski definition) is 6. The third-order valence-corrected chi connectivity index (χ3v) is 6.33. The van der Waals surface area contributed by atoms with Gasteiger partial charge in [0.15, 0.2) is 5.15 Å². The average Bonchev–Trinajstić information content (AvgIpc) is 3.42. The van der Waals surface area contributed by atoms with E-state index in [0.717, 1.165) is 41.5 Å². The third kappa shape index (κ3) is 4.12. The molecular weight excluding hydrogens is 442 g/mol. The predicted molar refractivity (Wildman–Crippen MR) is 125 cm³/mol. The van der Waals surface area contributed by atoms with E-state index in [1.54, 1.807) is 0 Å². The highest BCUT2D eigenvalue weighted by Gasteiger charge is 2.22. The van der Waals surface area contributed by atoms with Crippen LogP contribution in [0, 0.1) is 0 Å². The summed E-state index contributed by atoms with van der Waals surface area (Å²) in [6.45, 7) is 6.19. The molecule has 3 heterocycles. The lowest BCUT2D eigenvalue weighted by Gasteiger charge is -2.29. The number of fused-ring (bicyclic) bond motifs is 2. The molecule has 0 atom stereocenters. The van der Waals surface area contributed by atoms with Gasteiger partial charge in [-0.2, -0.15) is 10.1 Å². The van der Waals surface area contributed by atoms with E-state index in [1.165, 1.54) is 11.1 Å². The van der Waals surface area contributed by atoms with Crippen molar-refractivity contribution in [3.63, 3.8) is 0 Å². The lowest BCUT2D eigenvalue weighted by atomic mass is 9.94. The van der Waals surface area contributed by atoms with Gasteiger partial charge in [0.1, 0.15) is 0 Å². The number of hydrogen-bond donors (Lipinski definition) is 1. The SMILES string of the molecule is CC(C)n1nc(Cl)c2cc(-c3nc(-c4cccc5c4CCN(CCC(=O)O)C5)no3)ccc21. The molecule has 5 rings (SSSR count). The Morgan fingerprint density at radius 1 is 1.27 bits per heavy atom. The van der Waals surface area contributed by atoms with Crippen molar-refractivity contribution >= 4 is 28.5 Å². The molecule has 1 aliphatic heterocycles. The number of halogens is 1. The highest BCUT2D eigenvalue weighted by atomic mass is 35.5. The molecule has 9 heteroatoms. The molecule has 0 spiro atoms. The molecule has 0 aliphatic carbocycles. The molecule has 0 fully saturated rings. The van der Waals surface area contributed by atoms with Crippen LogP contribution in [-0.4, -0.2) is 49.0 Å². The summed E-state index contributed by atoms with van der Waals surface area (Å²) >= 11 is 6.38. The summed E-state index contributed by atoms with van der Waals surface area (Å²) in [5.74, 6) is 0.201. The fourth-order valence-electron chi connectivity index (χ4n) is 4.40. The van der Waals surface area contributed by atoms with Crippen LogP contribution < -0.4 is 0 Å². The van der Waals surface area contributed by atoms with Gasteiger partial charge >= 0.3 is 5.97 Å². The van der Waals surface area contributed by atoms with E-state index >= 15 is 0 Å². The number of aliphatic carboxylic acids is 1. The predicted octanol–water partition coefficient (Wildman–Crippen LogP) is 4.82. The standard InChI is InChI=1S/C24H24ClN5O3/c1-14(2)30-20-7-6-15(12-19(20)22(25)27-30)24-26-23(28-33-24)18-5-3-4-16-13-29(10-8-17(16)18)11-9-21(31)32/h3-7,12,14H,8-11,13H2,1-2H3,(H,31,32). The highest BCUT2D eigenvalue weighted by Crippen LogP contribution is 2.33. The Labute approximate surface area is 195 Å². The van der Waals surface area contributed by atoms with Crippen molar-refractivity contribution in [1.29, 1.82) is 0 Å². The summed E-state index contributed by atoms with van der Waals surface area (Å²) in [6, 6.07) is 12.1. The molecule has 0 amide bonds. The van der Waals surface area contributed by atoms with Crippen molar-refractivity contribution in [3.05, 3.63) is 52.7 Å². The van der Waals surface area contributed by atoms with Crippen LogP contribution in [0.2, 0.25) is 5.15 Å². The van der Waals surface area contributed by atoms with Crippen LogP contribution >= 0.6 is 11.6 Å². The molecule has 170 valence electrons. The van der Waals surface area contributed by atoms with Gasteiger partial charge in [-0.05, 0) is 49.6 Å². The van der Waals surface area contributed by atoms with Crippen LogP contribution in [0.4, 0.5) is 0 Å². The molecule has 33 heavy (non-hydrogen) atoms. The van der Waals surface area contributed by atoms with E-state index in [0.29, 0.717) is 23.4 Å². The zero-order chi connectivity index (χ0) is 23.1. The van der Waals surface area contributed by atoms with Crippen molar-refractivity contribution in [1.82, 2.24) is 24.8 Å². The van der Waals surface area contributed by atoms with E-state index in [-0.39, 0.29) is 12.5 Å². The second kappa shape index (κ2) is 8.61. The Morgan fingerprint density at radius 3 is 2.91 bits per heavy atom. The van der Waals surface area contributed by atoms with Crippen molar-refractivity contribution in [2.75, 3.05) is 13.1 Å². The molecule has 4 aromatic rings. The van der Waals surface area contributed by atoms with Gasteiger partial charge in [0.2, 0.25) is 5.82 Å². The first-order valence-electron chi connectivity index (χ1n) is 11.0. The van der Waals surface area contributed by atoms with Crippen LogP contribution in [0.25, 0.3) is 33.7 Å². The zero-order valence-corrected chi connectivity index (χ0v) is 19.2. The maximum absolute atomic E-state index is 10.9. The van der Waals surface area contributed by atoms with Crippen LogP contribution in [0.5, 0.6) is 0 Å².